The molecule has 0 heterocycles. The van der Waals surface area contributed by atoms with Crippen LogP contribution in [0.3, 0.4) is 0 Å². The number of carbonyl (C=O) groups is 1. The molecule has 7 heteroatoms. The summed E-state index contributed by atoms with van der Waals surface area (Å²) >= 11 is 5.83. The molecule has 0 bridgehead atoms. The number of nitro groups is 1. The SMILES string of the molecule is O=C(Nc1ccc(F)cc1)c1cccc([N+](=O)[O-])c1Cl. The van der Waals surface area contributed by atoms with Gasteiger partial charge in [0.1, 0.15) is 10.8 Å². The molecular weight excluding hydrogens is 287 g/mol. The Bertz CT molecular complexity index is 674. The first-order valence-corrected chi connectivity index (χ1v) is 5.86. The maximum Gasteiger partial charge on any atom is 0.288 e. The van der Waals surface area contributed by atoms with Gasteiger partial charge in [0.25, 0.3) is 11.6 Å². The molecule has 0 aliphatic rings. The highest BCUT2D eigenvalue weighted by atomic mass is 35.5. The van der Waals surface area contributed by atoms with Crippen molar-refractivity contribution in [2.45, 2.75) is 0 Å². The fraction of sp³-hybridized carbons (Fsp3) is 0. The third-order valence-electron chi connectivity index (χ3n) is 2.52. The lowest BCUT2D eigenvalue weighted by Crippen LogP contribution is -2.13. The summed E-state index contributed by atoms with van der Waals surface area (Å²) in [5, 5.41) is 13.0. The number of anilines is 1. The molecule has 0 aromatic heterocycles. The van der Waals surface area contributed by atoms with Gasteiger partial charge < -0.3 is 5.32 Å². The van der Waals surface area contributed by atoms with Gasteiger partial charge in [-0.1, -0.05) is 17.7 Å². The Hall–Kier alpha value is -2.47. The van der Waals surface area contributed by atoms with Gasteiger partial charge >= 0.3 is 0 Å². The number of carbonyl (C=O) groups excluding carboxylic acids is 1. The van der Waals surface area contributed by atoms with E-state index in [4.69, 9.17) is 11.6 Å². The lowest BCUT2D eigenvalue weighted by molar-refractivity contribution is -0.384. The number of hydrogen-bond acceptors (Lipinski definition) is 3. The molecule has 0 unspecified atom stereocenters. The zero-order chi connectivity index (χ0) is 14.7. The molecule has 2 aromatic rings. The molecule has 5 nitrogen and oxygen atoms in total. The van der Waals surface area contributed by atoms with Crippen LogP contribution < -0.4 is 5.32 Å². The predicted octanol–water partition coefficient (Wildman–Crippen LogP) is 3.64. The highest BCUT2D eigenvalue weighted by Crippen LogP contribution is 2.28. The lowest BCUT2D eigenvalue weighted by Gasteiger charge is -2.06. The number of benzene rings is 2. The van der Waals surface area contributed by atoms with Gasteiger partial charge in [0.15, 0.2) is 0 Å². The van der Waals surface area contributed by atoms with Crippen molar-refractivity contribution in [3.8, 4) is 0 Å². The number of nitrogens with zero attached hydrogens (tertiary/aromatic N) is 1. The van der Waals surface area contributed by atoms with Crippen LogP contribution in [0, 0.1) is 15.9 Å². The van der Waals surface area contributed by atoms with Crippen LogP contribution in [0.2, 0.25) is 5.02 Å². The van der Waals surface area contributed by atoms with E-state index in [0.29, 0.717) is 5.69 Å². The molecule has 0 fully saturated rings. The summed E-state index contributed by atoms with van der Waals surface area (Å²) in [6, 6.07) is 9.06. The van der Waals surface area contributed by atoms with Gasteiger partial charge in [-0.05, 0) is 30.3 Å². The molecule has 0 atom stereocenters. The third kappa shape index (κ3) is 2.92. The van der Waals surface area contributed by atoms with Crippen molar-refractivity contribution >= 4 is 28.9 Å². The molecule has 0 aliphatic carbocycles. The minimum absolute atomic E-state index is 0.0230. The molecule has 0 radical (unpaired) electrons. The average molecular weight is 295 g/mol. The molecule has 1 amide bonds. The first-order valence-electron chi connectivity index (χ1n) is 5.49. The third-order valence-corrected chi connectivity index (χ3v) is 2.92. The van der Waals surface area contributed by atoms with Crippen molar-refractivity contribution in [1.29, 1.82) is 0 Å². The van der Waals surface area contributed by atoms with Crippen LogP contribution in [-0.2, 0) is 0 Å². The second kappa shape index (κ2) is 5.66. The van der Waals surface area contributed by atoms with Crippen molar-refractivity contribution in [1.82, 2.24) is 0 Å². The Morgan fingerprint density at radius 3 is 2.45 bits per heavy atom. The van der Waals surface area contributed by atoms with Crippen LogP contribution in [0.5, 0.6) is 0 Å². The van der Waals surface area contributed by atoms with Crippen LogP contribution in [0.15, 0.2) is 42.5 Å². The summed E-state index contributed by atoms with van der Waals surface area (Å²) in [4.78, 5) is 22.1. The molecule has 0 spiro atoms. The summed E-state index contributed by atoms with van der Waals surface area (Å²) in [6.45, 7) is 0. The van der Waals surface area contributed by atoms with Crippen LogP contribution in [0.1, 0.15) is 10.4 Å². The van der Waals surface area contributed by atoms with E-state index in [1.165, 1.54) is 42.5 Å². The summed E-state index contributed by atoms with van der Waals surface area (Å²) in [5.41, 5.74) is -0.0115. The number of halogens is 2. The van der Waals surface area contributed by atoms with Crippen molar-refractivity contribution < 1.29 is 14.1 Å². The molecule has 1 N–H and O–H groups in total. The fourth-order valence-electron chi connectivity index (χ4n) is 1.57. The van der Waals surface area contributed by atoms with Gasteiger partial charge in [-0.3, -0.25) is 14.9 Å². The lowest BCUT2D eigenvalue weighted by atomic mass is 10.2. The molecule has 0 saturated heterocycles. The summed E-state index contributed by atoms with van der Waals surface area (Å²) in [5.74, 6) is -1.04. The molecule has 0 saturated carbocycles. The number of nitro benzene ring substituents is 1. The van der Waals surface area contributed by atoms with Gasteiger partial charge in [0.05, 0.1) is 10.5 Å². The summed E-state index contributed by atoms with van der Waals surface area (Å²) < 4.78 is 12.7. The topological polar surface area (TPSA) is 72.2 Å². The summed E-state index contributed by atoms with van der Waals surface area (Å²) in [7, 11) is 0. The first-order chi connectivity index (χ1) is 9.49. The van der Waals surface area contributed by atoms with E-state index in [-0.39, 0.29) is 16.3 Å². The number of nitrogens with one attached hydrogen (secondary N) is 1. The highest BCUT2D eigenvalue weighted by molar-refractivity contribution is 6.36. The molecule has 102 valence electrons. The minimum Gasteiger partial charge on any atom is -0.322 e. The van der Waals surface area contributed by atoms with Gasteiger partial charge in [0.2, 0.25) is 0 Å². The normalized spacial score (nSPS) is 10.1. The maximum absolute atomic E-state index is 12.7. The van der Waals surface area contributed by atoms with Crippen molar-refractivity contribution in [3.63, 3.8) is 0 Å². The average Bonchev–Trinajstić information content (AvgIpc) is 2.41. The molecule has 2 aromatic carbocycles. The smallest absolute Gasteiger partial charge is 0.288 e. The Kier molecular flexibility index (Phi) is 3.95. The second-order valence-corrected chi connectivity index (χ2v) is 4.23. The molecular formula is C13H8ClFN2O3. The molecule has 0 aliphatic heterocycles. The van der Waals surface area contributed by atoms with Gasteiger partial charge in [-0.2, -0.15) is 0 Å². The second-order valence-electron chi connectivity index (χ2n) is 3.86. The quantitative estimate of drug-likeness (QED) is 0.694. The number of amides is 1. The van der Waals surface area contributed by atoms with Crippen molar-refractivity contribution in [2.24, 2.45) is 0 Å². The largest absolute Gasteiger partial charge is 0.322 e. The zero-order valence-electron chi connectivity index (χ0n) is 9.97. The Labute approximate surface area is 118 Å². The summed E-state index contributed by atoms with van der Waals surface area (Å²) in [6.07, 6.45) is 0. The van der Waals surface area contributed by atoms with Crippen molar-refractivity contribution in [3.05, 3.63) is 69.0 Å². The predicted molar refractivity (Wildman–Crippen MR) is 72.5 cm³/mol. The van der Waals surface area contributed by atoms with E-state index in [9.17, 15) is 19.3 Å². The maximum atomic E-state index is 12.7. The Morgan fingerprint density at radius 2 is 1.85 bits per heavy atom. The zero-order valence-corrected chi connectivity index (χ0v) is 10.7. The molecule has 20 heavy (non-hydrogen) atoms. The van der Waals surface area contributed by atoms with Crippen molar-refractivity contribution in [2.75, 3.05) is 5.32 Å². The minimum atomic E-state index is -0.670. The number of rotatable bonds is 3. The van der Waals surface area contributed by atoms with E-state index in [0.717, 1.165) is 0 Å². The first kappa shape index (κ1) is 14.0. The fourth-order valence-corrected chi connectivity index (χ4v) is 1.85. The van der Waals surface area contributed by atoms with E-state index >= 15 is 0 Å². The van der Waals surface area contributed by atoms with E-state index in [1.807, 2.05) is 0 Å². The van der Waals surface area contributed by atoms with E-state index in [1.54, 1.807) is 0 Å². The van der Waals surface area contributed by atoms with Crippen LogP contribution in [-0.4, -0.2) is 10.8 Å². The monoisotopic (exact) mass is 294 g/mol. The van der Waals surface area contributed by atoms with Gasteiger partial charge in [0, 0.05) is 11.8 Å². The molecule has 2 rings (SSSR count). The Morgan fingerprint density at radius 1 is 1.20 bits per heavy atom. The standard InChI is InChI=1S/C13H8ClFN2O3/c14-12-10(2-1-3-11(12)17(19)20)13(18)16-9-6-4-8(15)5-7-9/h1-7H,(H,16,18). The van der Waals surface area contributed by atoms with Gasteiger partial charge in [-0.15, -0.1) is 0 Å². The van der Waals surface area contributed by atoms with Crippen LogP contribution in [0.4, 0.5) is 15.8 Å². The Balaban J connectivity index is 2.28. The number of hydrogen-bond donors (Lipinski definition) is 1. The highest BCUT2D eigenvalue weighted by Gasteiger charge is 2.19. The van der Waals surface area contributed by atoms with E-state index in [2.05, 4.69) is 5.32 Å². The van der Waals surface area contributed by atoms with Crippen LogP contribution in [0.25, 0.3) is 0 Å². The van der Waals surface area contributed by atoms with E-state index < -0.39 is 16.6 Å². The van der Waals surface area contributed by atoms with Crippen LogP contribution >= 0.6 is 11.6 Å². The van der Waals surface area contributed by atoms with Gasteiger partial charge in [-0.25, -0.2) is 4.39 Å².